The van der Waals surface area contributed by atoms with Gasteiger partial charge in [0.1, 0.15) is 11.2 Å². The van der Waals surface area contributed by atoms with Crippen LogP contribution < -0.4 is 16.2 Å². The maximum Gasteiger partial charge on any atom is 0.234 e. The molecule has 0 saturated heterocycles. The van der Waals surface area contributed by atoms with Gasteiger partial charge in [-0.2, -0.15) is 4.98 Å². The molecule has 29 heavy (non-hydrogen) atoms. The predicted octanol–water partition coefficient (Wildman–Crippen LogP) is 0.670. The third-order valence-electron chi connectivity index (χ3n) is 4.65. The molecule has 10 nitrogen and oxygen atoms in total. The van der Waals surface area contributed by atoms with E-state index in [4.69, 9.17) is 16.2 Å². The first-order valence-corrected chi connectivity index (χ1v) is 9.09. The monoisotopic (exact) mass is 397 g/mol. The largest absolute Gasteiger partial charge is 0.477 e. The van der Waals surface area contributed by atoms with Crippen LogP contribution in [0.4, 0.5) is 5.82 Å². The highest BCUT2D eigenvalue weighted by Gasteiger charge is 2.37. The van der Waals surface area contributed by atoms with Crippen LogP contribution in [-0.2, 0) is 16.8 Å². The Morgan fingerprint density at radius 3 is 2.76 bits per heavy atom. The molecule has 1 unspecified atom stereocenters. The van der Waals surface area contributed by atoms with E-state index in [0.717, 1.165) is 0 Å². The van der Waals surface area contributed by atoms with Crippen LogP contribution in [0, 0.1) is 0 Å². The highest BCUT2D eigenvalue weighted by atomic mass is 16.5. The Balaban J connectivity index is 1.84. The molecular weight excluding hydrogens is 374 g/mol. The highest BCUT2D eigenvalue weighted by Crippen LogP contribution is 2.32. The first-order chi connectivity index (χ1) is 13.7. The number of ether oxygens (including phenoxy) is 1. The van der Waals surface area contributed by atoms with Crippen LogP contribution in [0.3, 0.4) is 0 Å². The van der Waals surface area contributed by atoms with Crippen molar-refractivity contribution in [3.8, 4) is 5.88 Å². The molecule has 0 bridgehead atoms. The number of hydrogen-bond acceptors (Lipinski definition) is 9. The zero-order valence-corrected chi connectivity index (χ0v) is 16.5. The number of hydrogen-bond donors (Lipinski definition) is 2. The van der Waals surface area contributed by atoms with Crippen molar-refractivity contribution in [2.75, 3.05) is 19.4 Å². The fourth-order valence-electron chi connectivity index (χ4n) is 3.02. The molecule has 0 spiro atoms. The predicted molar refractivity (Wildman–Crippen MR) is 106 cm³/mol. The smallest absolute Gasteiger partial charge is 0.234 e. The van der Waals surface area contributed by atoms with Crippen molar-refractivity contribution in [2.24, 2.45) is 10.7 Å². The van der Waals surface area contributed by atoms with Gasteiger partial charge in [-0.15, -0.1) is 0 Å². The van der Waals surface area contributed by atoms with Crippen molar-refractivity contribution in [3.63, 3.8) is 0 Å². The highest BCUT2D eigenvalue weighted by molar-refractivity contribution is 6.00. The normalized spacial score (nSPS) is 19.1. The second kappa shape index (κ2) is 7.82. The van der Waals surface area contributed by atoms with Gasteiger partial charge in [0, 0.05) is 19.7 Å². The van der Waals surface area contributed by atoms with E-state index in [1.165, 1.54) is 11.1 Å². The molecular formula is C19H23N7O3. The van der Waals surface area contributed by atoms with Crippen molar-refractivity contribution in [1.29, 1.82) is 0 Å². The molecule has 3 rings (SSSR count). The van der Waals surface area contributed by atoms with Gasteiger partial charge in [-0.1, -0.05) is 0 Å². The molecule has 10 heteroatoms. The van der Waals surface area contributed by atoms with E-state index in [9.17, 15) is 9.59 Å². The number of carbonyl (C=O) groups excluding carboxylic acids is 2. The van der Waals surface area contributed by atoms with Gasteiger partial charge in [-0.3, -0.25) is 19.5 Å². The number of aromatic nitrogens is 3. The quantitative estimate of drug-likeness (QED) is 0.675. The summed E-state index contributed by atoms with van der Waals surface area (Å²) in [5.41, 5.74) is 12.1. The Labute approximate surface area is 168 Å². The van der Waals surface area contributed by atoms with Crippen LogP contribution in [-0.4, -0.2) is 51.2 Å². The summed E-state index contributed by atoms with van der Waals surface area (Å²) in [6.45, 7) is 4.02. The molecule has 0 fully saturated rings. The van der Waals surface area contributed by atoms with Crippen molar-refractivity contribution < 1.29 is 14.3 Å². The first kappa shape index (κ1) is 20.2. The van der Waals surface area contributed by atoms with Crippen LogP contribution in [0.5, 0.6) is 5.88 Å². The fourth-order valence-corrected chi connectivity index (χ4v) is 3.02. The summed E-state index contributed by atoms with van der Waals surface area (Å²) in [6.07, 6.45) is 3.12. The average molecular weight is 397 g/mol. The number of rotatable bonds is 6. The molecule has 1 aliphatic rings. The summed E-state index contributed by atoms with van der Waals surface area (Å²) in [5, 5.41) is 0. The summed E-state index contributed by atoms with van der Waals surface area (Å²) in [5.74, 6) is -0.0310. The standard InChI is InChI=1S/C19H23N7O3/c1-4-29-14-10-23-16(17(20)24-14)12(27)7-11-5-6-22-13(8-11)19(2)9-15(28)26(3)18(21)25-19/h5-6,8,10H,4,7,9H2,1-3H3,(H2,20,24)(H2,21,25). The number of aliphatic imine (C=N–C) groups is 1. The molecule has 0 aromatic carbocycles. The lowest BCUT2D eigenvalue weighted by Gasteiger charge is -2.32. The number of carbonyl (C=O) groups is 2. The second-order valence-electron chi connectivity index (χ2n) is 6.90. The van der Waals surface area contributed by atoms with Gasteiger partial charge in [0.25, 0.3) is 0 Å². The van der Waals surface area contributed by atoms with Crippen molar-refractivity contribution in [2.45, 2.75) is 32.2 Å². The number of anilines is 1. The van der Waals surface area contributed by atoms with E-state index in [0.29, 0.717) is 17.9 Å². The van der Waals surface area contributed by atoms with Gasteiger partial charge in [0.05, 0.1) is 24.9 Å². The van der Waals surface area contributed by atoms with Crippen molar-refractivity contribution >= 4 is 23.5 Å². The first-order valence-electron chi connectivity index (χ1n) is 9.09. The van der Waals surface area contributed by atoms with Crippen LogP contribution in [0.25, 0.3) is 0 Å². The van der Waals surface area contributed by atoms with E-state index >= 15 is 0 Å². The lowest BCUT2D eigenvalue weighted by Crippen LogP contribution is -2.47. The van der Waals surface area contributed by atoms with Crippen molar-refractivity contribution in [1.82, 2.24) is 19.9 Å². The van der Waals surface area contributed by atoms with Gasteiger partial charge in [-0.25, -0.2) is 9.98 Å². The number of nitrogens with two attached hydrogens (primary N) is 2. The molecule has 1 amide bonds. The van der Waals surface area contributed by atoms with Gasteiger partial charge in [-0.05, 0) is 31.5 Å². The van der Waals surface area contributed by atoms with Crippen LogP contribution in [0.2, 0.25) is 0 Å². The van der Waals surface area contributed by atoms with Crippen LogP contribution in [0.15, 0.2) is 29.5 Å². The Morgan fingerprint density at radius 1 is 1.34 bits per heavy atom. The molecule has 152 valence electrons. The second-order valence-corrected chi connectivity index (χ2v) is 6.90. The third kappa shape index (κ3) is 4.15. The summed E-state index contributed by atoms with van der Waals surface area (Å²) < 4.78 is 5.23. The van der Waals surface area contributed by atoms with E-state index in [1.807, 2.05) is 6.92 Å². The summed E-state index contributed by atoms with van der Waals surface area (Å²) in [6, 6.07) is 3.46. The number of nitrogen functional groups attached to an aromatic ring is 1. The van der Waals surface area contributed by atoms with E-state index in [1.54, 1.807) is 32.3 Å². The van der Waals surface area contributed by atoms with Gasteiger partial charge >= 0.3 is 0 Å². The molecule has 3 heterocycles. The molecule has 1 atom stereocenters. The zero-order valence-electron chi connectivity index (χ0n) is 16.5. The molecule has 4 N–H and O–H groups in total. The molecule has 2 aromatic rings. The SMILES string of the molecule is CCOc1cnc(C(=O)Cc2ccnc(C3(C)CC(=O)N(C)C(N)=N3)c2)c(N)n1. The number of Topliss-reactive ketones (excluding diaryl/α,β-unsaturated/α-hetero) is 1. The summed E-state index contributed by atoms with van der Waals surface area (Å²) in [7, 11) is 1.57. The van der Waals surface area contributed by atoms with Gasteiger partial charge < -0.3 is 16.2 Å². The van der Waals surface area contributed by atoms with E-state index in [-0.39, 0.29) is 47.9 Å². The minimum atomic E-state index is -0.898. The van der Waals surface area contributed by atoms with Crippen molar-refractivity contribution in [3.05, 3.63) is 41.5 Å². The third-order valence-corrected chi connectivity index (χ3v) is 4.65. The number of nitrogens with zero attached hydrogens (tertiary/aromatic N) is 5. The Morgan fingerprint density at radius 2 is 2.10 bits per heavy atom. The summed E-state index contributed by atoms with van der Waals surface area (Å²) in [4.78, 5) is 43.1. The van der Waals surface area contributed by atoms with E-state index < -0.39 is 5.54 Å². The maximum atomic E-state index is 12.7. The minimum absolute atomic E-state index is 0.0143. The van der Waals surface area contributed by atoms with Crippen LogP contribution in [0.1, 0.15) is 42.0 Å². The fraction of sp³-hybridized carbons (Fsp3) is 0.368. The molecule has 1 aliphatic heterocycles. The molecule has 0 saturated carbocycles. The molecule has 0 aliphatic carbocycles. The maximum absolute atomic E-state index is 12.7. The topological polar surface area (TPSA) is 150 Å². The van der Waals surface area contributed by atoms with Gasteiger partial charge in [0.2, 0.25) is 11.8 Å². The van der Waals surface area contributed by atoms with Crippen LogP contribution >= 0.6 is 0 Å². The zero-order chi connectivity index (χ0) is 21.2. The lowest BCUT2D eigenvalue weighted by molar-refractivity contribution is -0.128. The number of pyridine rings is 1. The van der Waals surface area contributed by atoms with E-state index in [2.05, 4.69) is 19.9 Å². The Bertz CT molecular complexity index is 992. The summed E-state index contributed by atoms with van der Waals surface area (Å²) >= 11 is 0. The van der Waals surface area contributed by atoms with Gasteiger partial charge in [0.15, 0.2) is 17.6 Å². The number of guanidine groups is 1. The lowest BCUT2D eigenvalue weighted by atomic mass is 9.90. The Hall–Kier alpha value is -3.56. The average Bonchev–Trinajstić information content (AvgIpc) is 2.66. The minimum Gasteiger partial charge on any atom is -0.477 e. The number of amides is 1. The molecule has 0 radical (unpaired) electrons. The Kier molecular flexibility index (Phi) is 5.44. The molecule has 2 aromatic heterocycles. The number of ketones is 1.